The highest BCUT2D eigenvalue weighted by Gasteiger charge is 2.21. The summed E-state index contributed by atoms with van der Waals surface area (Å²) >= 11 is 0. The van der Waals surface area contributed by atoms with Crippen molar-refractivity contribution >= 4 is 22.3 Å². The Labute approximate surface area is 226 Å². The molecule has 2 N–H and O–H groups in total. The van der Waals surface area contributed by atoms with E-state index in [9.17, 15) is 16.3 Å². The predicted octanol–water partition coefficient (Wildman–Crippen LogP) is 6.01. The molecule has 192 valence electrons. The van der Waals surface area contributed by atoms with Crippen LogP contribution in [0.5, 0.6) is 0 Å². The van der Waals surface area contributed by atoms with Gasteiger partial charge in [0.1, 0.15) is 23.6 Å². The van der Waals surface area contributed by atoms with Crippen LogP contribution in [-0.2, 0) is 7.05 Å². The molecule has 0 aliphatic carbocycles. The summed E-state index contributed by atoms with van der Waals surface area (Å²) in [4.78, 5) is 4.43. The fraction of sp³-hybridized carbons (Fsp3) is 0.167. The summed E-state index contributed by atoms with van der Waals surface area (Å²) in [5.41, 5.74) is 3.73. The molecule has 5 rings (SSSR count). The Bertz CT molecular complexity index is 1760. The minimum absolute atomic E-state index is 0.102. The molecule has 9 heteroatoms. The second-order valence-electron chi connectivity index (χ2n) is 8.99. The largest absolute Gasteiger partial charge is 0.377 e. The molecule has 0 radical (unpaired) electrons. The molecule has 8 nitrogen and oxygen atoms in total. The number of nitrogens with one attached hydrogen (secondary N) is 2. The second kappa shape index (κ2) is 11.0. The second-order valence-corrected chi connectivity index (χ2v) is 8.99. The molecule has 0 spiro atoms. The number of benzene rings is 3. The molecule has 2 heterocycles. The molecule has 3 aromatic carbocycles. The molecule has 39 heavy (non-hydrogen) atoms. The van der Waals surface area contributed by atoms with Crippen LogP contribution in [0.15, 0.2) is 79.1 Å². The van der Waals surface area contributed by atoms with E-state index in [4.69, 9.17) is 0 Å². The molecule has 0 saturated heterocycles. The third-order valence-electron chi connectivity index (χ3n) is 6.40. The van der Waals surface area contributed by atoms with Gasteiger partial charge in [0, 0.05) is 24.3 Å². The summed E-state index contributed by atoms with van der Waals surface area (Å²) in [5, 5.41) is 35.4. The van der Waals surface area contributed by atoms with Crippen LogP contribution in [-0.4, -0.2) is 20.0 Å². The quantitative estimate of drug-likeness (QED) is 0.259. The average molecular weight is 518 g/mol. The van der Waals surface area contributed by atoms with E-state index >= 15 is 0 Å². The lowest BCUT2D eigenvalue weighted by atomic mass is 10.00. The number of aromatic nitrogens is 4. The van der Waals surface area contributed by atoms with Crippen LogP contribution in [0.1, 0.15) is 54.7 Å². The normalized spacial score (nSPS) is 13.5. The van der Waals surface area contributed by atoms with Gasteiger partial charge in [0.25, 0.3) is 0 Å². The number of nitriles is 2. The lowest BCUT2D eigenvalue weighted by Gasteiger charge is -2.22. The number of pyridine rings is 1. The van der Waals surface area contributed by atoms with E-state index in [0.717, 1.165) is 12.0 Å². The summed E-state index contributed by atoms with van der Waals surface area (Å²) in [6.45, 7) is 2.05. The zero-order valence-electron chi connectivity index (χ0n) is 22.4. The van der Waals surface area contributed by atoms with Gasteiger partial charge >= 0.3 is 0 Å². The van der Waals surface area contributed by atoms with Crippen LogP contribution in [0.3, 0.4) is 0 Å². The topological polar surface area (TPSA) is 115 Å². The monoisotopic (exact) mass is 517 g/mol. The molecule has 2 atom stereocenters. The lowest BCUT2D eigenvalue weighted by molar-refractivity contribution is 0.626. The summed E-state index contributed by atoms with van der Waals surface area (Å²) in [5.74, 6) is -0.433. The lowest BCUT2D eigenvalue weighted by Crippen LogP contribution is -2.14. The molecule has 2 unspecified atom stereocenters. The van der Waals surface area contributed by atoms with Gasteiger partial charge in [-0.1, -0.05) is 54.6 Å². The van der Waals surface area contributed by atoms with Crippen molar-refractivity contribution in [1.29, 1.82) is 10.5 Å². The van der Waals surface area contributed by atoms with Gasteiger partial charge in [0.05, 0.1) is 42.0 Å². The minimum atomic E-state index is -1.67. The summed E-state index contributed by atoms with van der Waals surface area (Å²) in [6, 6.07) is 21.4. The molecule has 0 amide bonds. The third-order valence-corrected chi connectivity index (χ3v) is 6.40. The van der Waals surface area contributed by atoms with Crippen molar-refractivity contribution < 1.29 is 5.76 Å². The number of rotatable bonds is 8. The van der Waals surface area contributed by atoms with Crippen LogP contribution >= 0.6 is 0 Å². The molecule has 0 saturated carbocycles. The Balaban J connectivity index is 1.67. The number of nitrogens with zero attached hydrogens (tertiary/aromatic N) is 6. The van der Waals surface area contributed by atoms with Crippen LogP contribution in [0, 0.1) is 28.5 Å². The van der Waals surface area contributed by atoms with Crippen molar-refractivity contribution in [3.8, 4) is 12.1 Å². The summed E-state index contributed by atoms with van der Waals surface area (Å²) in [6.07, 6.45) is 3.81. The van der Waals surface area contributed by atoms with Crippen molar-refractivity contribution in [2.75, 3.05) is 10.6 Å². The standard InChI is InChI=1S/C30H25FN8/c1-3-26(19-7-5-4-6-8-19)36-29-22(16-33)17-34-28-21(15-32)13-24(14-25(28)29)35-30(27-18-39(2)38-37-27)20-9-11-23(31)12-10-20/h4-14,17-18,26,30,35H,3H2,1-2H3,(H,34,36)/i30D. The summed E-state index contributed by atoms with van der Waals surface area (Å²) in [7, 11) is 1.69. The van der Waals surface area contributed by atoms with Crippen molar-refractivity contribution in [1.82, 2.24) is 20.0 Å². The van der Waals surface area contributed by atoms with Gasteiger partial charge in [-0.25, -0.2) is 4.39 Å². The highest BCUT2D eigenvalue weighted by Crippen LogP contribution is 2.35. The number of halogens is 1. The molecular weight excluding hydrogens is 491 g/mol. The van der Waals surface area contributed by atoms with E-state index in [1.165, 1.54) is 35.1 Å². The number of fused-ring (bicyclic) bond motifs is 1. The first-order chi connectivity index (χ1) is 19.4. The maximum Gasteiger partial charge on any atom is 0.123 e. The zero-order valence-corrected chi connectivity index (χ0v) is 21.4. The van der Waals surface area contributed by atoms with Crippen LogP contribution in [0.4, 0.5) is 15.8 Å². The van der Waals surface area contributed by atoms with Gasteiger partial charge in [-0.15, -0.1) is 5.10 Å². The molecule has 5 aromatic rings. The van der Waals surface area contributed by atoms with Gasteiger partial charge < -0.3 is 10.6 Å². The summed E-state index contributed by atoms with van der Waals surface area (Å²) < 4.78 is 24.7. The highest BCUT2D eigenvalue weighted by atomic mass is 19.1. The van der Waals surface area contributed by atoms with Gasteiger partial charge in [-0.3, -0.25) is 9.67 Å². The van der Waals surface area contributed by atoms with E-state index in [2.05, 4.69) is 38.1 Å². The van der Waals surface area contributed by atoms with Crippen molar-refractivity contribution in [3.63, 3.8) is 0 Å². The Kier molecular flexibility index (Phi) is 6.79. The fourth-order valence-corrected chi connectivity index (χ4v) is 4.49. The number of hydrogen-bond donors (Lipinski definition) is 2. The third kappa shape index (κ3) is 5.25. The number of aryl methyl sites for hydroxylation is 1. The molecule has 0 fully saturated rings. The SMILES string of the molecule is [2H]C(Nc1cc(C#N)c2ncc(C#N)c(NC(CC)c3ccccc3)c2c1)(c1ccc(F)cc1)c1cn(C)nn1. The Morgan fingerprint density at radius 2 is 1.74 bits per heavy atom. The van der Waals surface area contributed by atoms with Gasteiger partial charge in [0.15, 0.2) is 0 Å². The molecule has 2 aromatic heterocycles. The first-order valence-electron chi connectivity index (χ1n) is 12.9. The van der Waals surface area contributed by atoms with Crippen LogP contribution < -0.4 is 10.6 Å². The van der Waals surface area contributed by atoms with E-state index in [1.807, 2.05) is 37.3 Å². The minimum Gasteiger partial charge on any atom is -0.377 e. The predicted molar refractivity (Wildman–Crippen MR) is 147 cm³/mol. The van der Waals surface area contributed by atoms with Crippen molar-refractivity contribution in [2.45, 2.75) is 25.4 Å². The highest BCUT2D eigenvalue weighted by molar-refractivity contribution is 5.99. The van der Waals surface area contributed by atoms with Gasteiger partial charge in [-0.2, -0.15) is 10.5 Å². The van der Waals surface area contributed by atoms with E-state index in [0.29, 0.717) is 33.4 Å². The Morgan fingerprint density at radius 1 is 1.00 bits per heavy atom. The Morgan fingerprint density at radius 3 is 2.38 bits per heavy atom. The van der Waals surface area contributed by atoms with Crippen LogP contribution in [0.2, 0.25) is 0 Å². The first-order valence-corrected chi connectivity index (χ1v) is 12.4. The first kappa shape index (κ1) is 24.1. The molecule has 0 bridgehead atoms. The maximum atomic E-state index is 13.8. The molecule has 0 aliphatic rings. The van der Waals surface area contributed by atoms with E-state index < -0.39 is 11.8 Å². The van der Waals surface area contributed by atoms with Gasteiger partial charge in [-0.05, 0) is 41.8 Å². The van der Waals surface area contributed by atoms with Crippen molar-refractivity contribution in [3.05, 3.63) is 113 Å². The van der Waals surface area contributed by atoms with Crippen LogP contribution in [0.25, 0.3) is 10.9 Å². The van der Waals surface area contributed by atoms with Crippen molar-refractivity contribution in [2.24, 2.45) is 7.05 Å². The van der Waals surface area contributed by atoms with Gasteiger partial charge in [0.2, 0.25) is 0 Å². The average Bonchev–Trinajstić information content (AvgIpc) is 3.43. The molecular formula is C30H25FN8. The number of anilines is 2. The van der Waals surface area contributed by atoms with E-state index in [1.54, 1.807) is 25.4 Å². The fourth-order valence-electron chi connectivity index (χ4n) is 4.49. The zero-order chi connectivity index (χ0) is 28.3. The number of hydrogen-bond acceptors (Lipinski definition) is 7. The smallest absolute Gasteiger partial charge is 0.123 e. The van der Waals surface area contributed by atoms with E-state index in [-0.39, 0.29) is 17.3 Å². The maximum absolute atomic E-state index is 13.8. The Hall–Kier alpha value is -5.28. The molecule has 0 aliphatic heterocycles.